The molecule has 0 radical (unpaired) electrons. The highest BCUT2D eigenvalue weighted by Crippen LogP contribution is 2.23. The maximum atomic E-state index is 12.4. The number of hydrogen-bond donors (Lipinski definition) is 0. The third-order valence-corrected chi connectivity index (χ3v) is 7.57. The van der Waals surface area contributed by atoms with Crippen molar-refractivity contribution in [2.45, 2.75) is 23.8 Å². The monoisotopic (exact) mass is 351 g/mol. The zero-order valence-corrected chi connectivity index (χ0v) is 14.1. The summed E-state index contributed by atoms with van der Waals surface area (Å²) in [5, 5.41) is -0.0173. The van der Waals surface area contributed by atoms with Crippen LogP contribution in [0, 0.1) is 0 Å². The highest BCUT2D eigenvalue weighted by Gasteiger charge is 2.32. The van der Waals surface area contributed by atoms with Gasteiger partial charge in [0.25, 0.3) is 0 Å². The Morgan fingerprint density at radius 3 is 2.24 bits per heavy atom. The molecule has 0 atom stereocenters. The highest BCUT2D eigenvalue weighted by molar-refractivity contribution is 7.91. The van der Waals surface area contributed by atoms with Gasteiger partial charge in [0, 0.05) is 24.4 Å². The van der Waals surface area contributed by atoms with E-state index in [9.17, 15) is 16.8 Å². The van der Waals surface area contributed by atoms with E-state index in [1.165, 1.54) is 10.6 Å². The summed E-state index contributed by atoms with van der Waals surface area (Å²) in [6.45, 7) is 0.481. The second-order valence-electron chi connectivity index (χ2n) is 5.28. The molecule has 0 saturated carbocycles. The van der Waals surface area contributed by atoms with Crippen molar-refractivity contribution in [2.75, 3.05) is 19.3 Å². The summed E-state index contributed by atoms with van der Waals surface area (Å²) in [5.74, 6) is -0.157. The Labute approximate surface area is 130 Å². The van der Waals surface area contributed by atoms with Crippen molar-refractivity contribution in [1.82, 2.24) is 4.31 Å². The molecule has 21 heavy (non-hydrogen) atoms. The minimum absolute atomic E-state index is 0.157. The lowest BCUT2D eigenvalue weighted by molar-refractivity contribution is 0.345. The van der Waals surface area contributed by atoms with Gasteiger partial charge in [0.05, 0.1) is 11.0 Å². The number of sulfone groups is 1. The summed E-state index contributed by atoms with van der Waals surface area (Å²) >= 11 is 5.99. The smallest absolute Gasteiger partial charge is 0.218 e. The van der Waals surface area contributed by atoms with Crippen LogP contribution < -0.4 is 0 Å². The first-order valence-corrected chi connectivity index (χ1v) is 10.5. The van der Waals surface area contributed by atoms with Gasteiger partial charge in [-0.25, -0.2) is 21.1 Å². The van der Waals surface area contributed by atoms with Crippen LogP contribution in [0.3, 0.4) is 0 Å². The zero-order chi connectivity index (χ0) is 15.7. The molecule has 0 aromatic heterocycles. The highest BCUT2D eigenvalue weighted by atomic mass is 35.5. The van der Waals surface area contributed by atoms with Crippen molar-refractivity contribution in [3.63, 3.8) is 0 Å². The number of rotatable bonds is 4. The lowest BCUT2D eigenvalue weighted by atomic mass is 10.2. The minimum Gasteiger partial charge on any atom is -0.229 e. The molecule has 0 N–H and O–H groups in total. The van der Waals surface area contributed by atoms with E-state index in [0.717, 1.165) is 0 Å². The fourth-order valence-electron chi connectivity index (χ4n) is 2.44. The van der Waals surface area contributed by atoms with Crippen LogP contribution >= 0.6 is 11.6 Å². The van der Waals surface area contributed by atoms with Gasteiger partial charge in [-0.1, -0.05) is 29.8 Å². The molecule has 1 aliphatic heterocycles. The van der Waals surface area contributed by atoms with Gasteiger partial charge < -0.3 is 0 Å². The minimum atomic E-state index is -3.47. The molecule has 5 nitrogen and oxygen atoms in total. The van der Waals surface area contributed by atoms with Crippen LogP contribution in [0.1, 0.15) is 18.4 Å². The van der Waals surface area contributed by atoms with Crippen LogP contribution in [-0.2, 0) is 25.6 Å². The molecule has 0 bridgehead atoms. The van der Waals surface area contributed by atoms with Gasteiger partial charge in [-0.05, 0) is 24.5 Å². The van der Waals surface area contributed by atoms with E-state index >= 15 is 0 Å². The third kappa shape index (κ3) is 4.18. The van der Waals surface area contributed by atoms with E-state index in [1.54, 1.807) is 24.3 Å². The number of piperidine rings is 1. The number of benzene rings is 1. The molecule has 1 aromatic carbocycles. The Morgan fingerprint density at radius 2 is 1.71 bits per heavy atom. The molecule has 1 heterocycles. The Bertz CT molecular complexity index is 707. The first-order chi connectivity index (χ1) is 9.70. The summed E-state index contributed by atoms with van der Waals surface area (Å²) in [6, 6.07) is 6.83. The van der Waals surface area contributed by atoms with E-state index in [1.807, 2.05) is 0 Å². The number of nitrogens with zero attached hydrogens (tertiary/aromatic N) is 1. The fourth-order valence-corrected chi connectivity index (χ4v) is 5.39. The normalized spacial score (nSPS) is 18.8. The molecule has 0 amide bonds. The van der Waals surface area contributed by atoms with Crippen molar-refractivity contribution in [1.29, 1.82) is 0 Å². The Morgan fingerprint density at radius 1 is 1.14 bits per heavy atom. The van der Waals surface area contributed by atoms with Crippen LogP contribution in [0.4, 0.5) is 0 Å². The molecule has 0 aliphatic carbocycles. The second-order valence-corrected chi connectivity index (χ2v) is 9.98. The van der Waals surface area contributed by atoms with Gasteiger partial charge >= 0.3 is 0 Å². The van der Waals surface area contributed by atoms with Gasteiger partial charge in [0.15, 0.2) is 0 Å². The van der Waals surface area contributed by atoms with Crippen molar-refractivity contribution in [3.05, 3.63) is 34.9 Å². The average molecular weight is 352 g/mol. The number of halogens is 1. The summed E-state index contributed by atoms with van der Waals surface area (Å²) in [4.78, 5) is 0. The second kappa shape index (κ2) is 6.24. The SMILES string of the molecule is CS(=O)(=O)C1CCN(S(=O)(=O)Cc2ccccc2Cl)CC1. The summed E-state index contributed by atoms with van der Waals surface area (Å²) in [7, 11) is -6.58. The summed E-state index contributed by atoms with van der Waals surface area (Å²) < 4.78 is 49.1. The summed E-state index contributed by atoms with van der Waals surface area (Å²) in [6.07, 6.45) is 1.90. The largest absolute Gasteiger partial charge is 0.229 e. The van der Waals surface area contributed by atoms with Gasteiger partial charge in [0.2, 0.25) is 10.0 Å². The average Bonchev–Trinajstić information content (AvgIpc) is 2.40. The Hall–Kier alpha value is -0.630. The van der Waals surface area contributed by atoms with E-state index in [0.29, 0.717) is 23.4 Å². The molecular formula is C13H18ClNO4S2. The molecule has 1 fully saturated rings. The molecule has 8 heteroatoms. The lowest BCUT2D eigenvalue weighted by Gasteiger charge is -2.30. The van der Waals surface area contributed by atoms with Gasteiger partial charge in [-0.15, -0.1) is 0 Å². The first kappa shape index (κ1) is 16.7. The molecule has 1 aromatic rings. The van der Waals surface area contributed by atoms with Crippen LogP contribution in [0.5, 0.6) is 0 Å². The third-order valence-electron chi connectivity index (χ3n) is 3.70. The molecule has 1 aliphatic rings. The van der Waals surface area contributed by atoms with Crippen molar-refractivity contribution >= 4 is 31.5 Å². The van der Waals surface area contributed by atoms with E-state index in [2.05, 4.69) is 0 Å². The van der Waals surface area contributed by atoms with Crippen molar-refractivity contribution in [2.24, 2.45) is 0 Å². The number of hydrogen-bond acceptors (Lipinski definition) is 4. The maximum Gasteiger partial charge on any atom is 0.218 e. The predicted octanol–water partition coefficient (Wildman–Crippen LogP) is 1.68. The van der Waals surface area contributed by atoms with Crippen LogP contribution in [0.25, 0.3) is 0 Å². The maximum absolute atomic E-state index is 12.4. The summed E-state index contributed by atoms with van der Waals surface area (Å²) in [5.41, 5.74) is 0.560. The molecule has 0 unspecified atom stereocenters. The Balaban J connectivity index is 2.07. The fraction of sp³-hybridized carbons (Fsp3) is 0.538. The predicted molar refractivity (Wildman–Crippen MR) is 83.5 cm³/mol. The van der Waals surface area contributed by atoms with E-state index in [-0.39, 0.29) is 18.8 Å². The quantitative estimate of drug-likeness (QED) is 0.827. The van der Waals surface area contributed by atoms with Crippen LogP contribution in [0.2, 0.25) is 5.02 Å². The Kier molecular flexibility index (Phi) is 4.97. The molecule has 1 saturated heterocycles. The van der Waals surface area contributed by atoms with E-state index < -0.39 is 25.1 Å². The molecule has 118 valence electrons. The van der Waals surface area contributed by atoms with Gasteiger partial charge in [-0.3, -0.25) is 0 Å². The number of sulfonamides is 1. The van der Waals surface area contributed by atoms with Gasteiger partial charge in [0.1, 0.15) is 9.84 Å². The van der Waals surface area contributed by atoms with Crippen LogP contribution in [-0.4, -0.2) is 45.7 Å². The molecular weight excluding hydrogens is 334 g/mol. The van der Waals surface area contributed by atoms with E-state index in [4.69, 9.17) is 11.6 Å². The van der Waals surface area contributed by atoms with Crippen molar-refractivity contribution < 1.29 is 16.8 Å². The van der Waals surface area contributed by atoms with Crippen LogP contribution in [0.15, 0.2) is 24.3 Å². The lowest BCUT2D eigenvalue weighted by Crippen LogP contribution is -2.42. The topological polar surface area (TPSA) is 71.5 Å². The molecule has 0 spiro atoms. The van der Waals surface area contributed by atoms with Crippen molar-refractivity contribution in [3.8, 4) is 0 Å². The zero-order valence-electron chi connectivity index (χ0n) is 11.7. The molecule has 2 rings (SSSR count). The first-order valence-electron chi connectivity index (χ1n) is 6.60. The standard InChI is InChI=1S/C13H18ClNO4S2/c1-20(16,17)12-6-8-15(9-7-12)21(18,19)10-11-4-2-3-5-13(11)14/h2-5,12H,6-10H2,1H3. The van der Waals surface area contributed by atoms with Gasteiger partial charge in [-0.2, -0.15) is 0 Å².